The van der Waals surface area contributed by atoms with E-state index in [1.165, 1.54) is 25.7 Å². The van der Waals surface area contributed by atoms with Crippen molar-refractivity contribution in [2.75, 3.05) is 13.2 Å². The van der Waals surface area contributed by atoms with Gasteiger partial charge in [-0.15, -0.1) is 0 Å². The molecule has 1 spiro atoms. The molecule has 0 N–H and O–H groups in total. The first-order valence-corrected chi connectivity index (χ1v) is 5.39. The zero-order valence-corrected chi connectivity index (χ0v) is 8.73. The van der Waals surface area contributed by atoms with Crippen molar-refractivity contribution >= 4 is 0 Å². The fourth-order valence-corrected chi connectivity index (χ4v) is 2.50. The lowest BCUT2D eigenvalue weighted by Gasteiger charge is -2.19. The molecular weight excluding hydrogens is 148 g/mol. The molecule has 0 aromatic heterocycles. The van der Waals surface area contributed by atoms with E-state index in [9.17, 15) is 0 Å². The molecule has 1 aliphatic carbocycles. The maximum absolute atomic E-state index is 5.43. The molecule has 1 saturated heterocycles. The van der Waals surface area contributed by atoms with E-state index in [-0.39, 0.29) is 0 Å². The van der Waals surface area contributed by atoms with Crippen LogP contribution in [-0.4, -0.2) is 13.2 Å². The summed E-state index contributed by atoms with van der Waals surface area (Å²) >= 11 is 0. The first-order chi connectivity index (χ1) is 5.81. The zero-order valence-electron chi connectivity index (χ0n) is 8.73. The van der Waals surface area contributed by atoms with Crippen LogP contribution in [0.2, 0.25) is 0 Å². The standard InChI is InChI=1S/C9H16O.C2H6/c1-8-2-3-9(6-8)4-5-10-7-9;1-2/h8H,2-7H2,1H3;1-2H3/t8-,9?;/m1./s1. The summed E-state index contributed by atoms with van der Waals surface area (Å²) in [7, 11) is 0. The lowest BCUT2D eigenvalue weighted by atomic mass is 9.85. The molecule has 1 heterocycles. The molecule has 1 unspecified atom stereocenters. The largest absolute Gasteiger partial charge is 0.381 e. The van der Waals surface area contributed by atoms with Gasteiger partial charge in [-0.2, -0.15) is 0 Å². The number of hydrogen-bond acceptors (Lipinski definition) is 1. The summed E-state index contributed by atoms with van der Waals surface area (Å²) in [6.07, 6.45) is 5.61. The monoisotopic (exact) mass is 170 g/mol. The van der Waals surface area contributed by atoms with Gasteiger partial charge in [-0.25, -0.2) is 0 Å². The molecule has 1 nitrogen and oxygen atoms in total. The van der Waals surface area contributed by atoms with Crippen molar-refractivity contribution in [3.05, 3.63) is 0 Å². The Bertz CT molecular complexity index is 125. The van der Waals surface area contributed by atoms with E-state index in [0.717, 1.165) is 19.1 Å². The molecule has 12 heavy (non-hydrogen) atoms. The van der Waals surface area contributed by atoms with Crippen molar-refractivity contribution in [1.29, 1.82) is 0 Å². The molecule has 1 heteroatoms. The number of ether oxygens (including phenoxy) is 1. The minimum atomic E-state index is 0.638. The van der Waals surface area contributed by atoms with Crippen LogP contribution in [0.1, 0.15) is 46.5 Å². The van der Waals surface area contributed by atoms with E-state index in [1.807, 2.05) is 13.8 Å². The minimum absolute atomic E-state index is 0.638. The summed E-state index contributed by atoms with van der Waals surface area (Å²) in [6, 6.07) is 0. The maximum atomic E-state index is 5.43. The highest BCUT2D eigenvalue weighted by Crippen LogP contribution is 2.46. The second-order valence-corrected chi connectivity index (χ2v) is 4.15. The van der Waals surface area contributed by atoms with Crippen LogP contribution >= 0.6 is 0 Å². The van der Waals surface area contributed by atoms with E-state index in [2.05, 4.69) is 6.92 Å². The van der Waals surface area contributed by atoms with Crippen LogP contribution in [0.4, 0.5) is 0 Å². The van der Waals surface area contributed by atoms with Gasteiger partial charge < -0.3 is 4.74 Å². The highest BCUT2D eigenvalue weighted by Gasteiger charge is 2.40. The molecule has 1 aliphatic heterocycles. The Morgan fingerprint density at radius 2 is 2.00 bits per heavy atom. The summed E-state index contributed by atoms with van der Waals surface area (Å²) in [5.41, 5.74) is 0.638. The average Bonchev–Trinajstić information content (AvgIpc) is 2.68. The van der Waals surface area contributed by atoms with Gasteiger partial charge in [0.2, 0.25) is 0 Å². The minimum Gasteiger partial charge on any atom is -0.381 e. The Morgan fingerprint density at radius 3 is 2.42 bits per heavy atom. The van der Waals surface area contributed by atoms with Gasteiger partial charge in [-0.1, -0.05) is 27.2 Å². The highest BCUT2D eigenvalue weighted by molar-refractivity contribution is 4.90. The Morgan fingerprint density at radius 1 is 1.25 bits per heavy atom. The van der Waals surface area contributed by atoms with Crippen LogP contribution in [0.25, 0.3) is 0 Å². The predicted molar refractivity (Wildman–Crippen MR) is 52.2 cm³/mol. The summed E-state index contributed by atoms with van der Waals surface area (Å²) < 4.78 is 5.43. The van der Waals surface area contributed by atoms with E-state index < -0.39 is 0 Å². The smallest absolute Gasteiger partial charge is 0.0523 e. The van der Waals surface area contributed by atoms with Crippen molar-refractivity contribution in [3.63, 3.8) is 0 Å². The van der Waals surface area contributed by atoms with Gasteiger partial charge in [-0.3, -0.25) is 0 Å². The van der Waals surface area contributed by atoms with E-state index in [1.54, 1.807) is 0 Å². The summed E-state index contributed by atoms with van der Waals surface area (Å²) in [5.74, 6) is 0.960. The van der Waals surface area contributed by atoms with Crippen molar-refractivity contribution in [3.8, 4) is 0 Å². The van der Waals surface area contributed by atoms with Crippen LogP contribution in [0.3, 0.4) is 0 Å². The Kier molecular flexibility index (Phi) is 3.57. The van der Waals surface area contributed by atoms with Crippen molar-refractivity contribution < 1.29 is 4.74 Å². The first-order valence-electron chi connectivity index (χ1n) is 5.39. The summed E-state index contributed by atoms with van der Waals surface area (Å²) in [5, 5.41) is 0. The Labute approximate surface area is 76.5 Å². The molecule has 2 atom stereocenters. The predicted octanol–water partition coefficient (Wildman–Crippen LogP) is 3.24. The molecule has 2 rings (SSSR count). The van der Waals surface area contributed by atoms with Gasteiger partial charge in [0.1, 0.15) is 0 Å². The normalized spacial score (nSPS) is 39.8. The van der Waals surface area contributed by atoms with Crippen molar-refractivity contribution in [2.45, 2.75) is 46.5 Å². The highest BCUT2D eigenvalue weighted by atomic mass is 16.5. The van der Waals surface area contributed by atoms with Crippen LogP contribution in [0.5, 0.6) is 0 Å². The maximum Gasteiger partial charge on any atom is 0.0523 e. The van der Waals surface area contributed by atoms with Gasteiger partial charge in [0.15, 0.2) is 0 Å². The molecule has 0 bridgehead atoms. The van der Waals surface area contributed by atoms with Gasteiger partial charge in [-0.05, 0) is 30.6 Å². The molecule has 2 fully saturated rings. The molecule has 0 radical (unpaired) electrons. The summed E-state index contributed by atoms with van der Waals surface area (Å²) in [6.45, 7) is 8.44. The number of hydrogen-bond donors (Lipinski definition) is 0. The SMILES string of the molecule is CC.C[C@@H]1CCC2(CCOC2)C1. The van der Waals surface area contributed by atoms with Crippen LogP contribution in [0, 0.1) is 11.3 Å². The van der Waals surface area contributed by atoms with Gasteiger partial charge in [0.25, 0.3) is 0 Å². The van der Waals surface area contributed by atoms with Crippen LogP contribution < -0.4 is 0 Å². The molecule has 0 aromatic rings. The average molecular weight is 170 g/mol. The van der Waals surface area contributed by atoms with Crippen molar-refractivity contribution in [1.82, 2.24) is 0 Å². The molecule has 72 valence electrons. The lowest BCUT2D eigenvalue weighted by Crippen LogP contribution is -2.15. The number of rotatable bonds is 0. The third-order valence-corrected chi connectivity index (χ3v) is 3.13. The Balaban J connectivity index is 0.000000336. The third-order valence-electron chi connectivity index (χ3n) is 3.13. The van der Waals surface area contributed by atoms with Crippen LogP contribution in [-0.2, 0) is 4.74 Å². The molecular formula is C11H22O. The lowest BCUT2D eigenvalue weighted by molar-refractivity contribution is 0.152. The van der Waals surface area contributed by atoms with Gasteiger partial charge in [0.05, 0.1) is 6.61 Å². The molecule has 1 saturated carbocycles. The molecule has 0 amide bonds. The summed E-state index contributed by atoms with van der Waals surface area (Å²) in [4.78, 5) is 0. The first kappa shape index (κ1) is 10.0. The van der Waals surface area contributed by atoms with Crippen molar-refractivity contribution in [2.24, 2.45) is 11.3 Å². The quantitative estimate of drug-likeness (QED) is 0.542. The topological polar surface area (TPSA) is 9.23 Å². The fraction of sp³-hybridized carbons (Fsp3) is 1.00. The van der Waals surface area contributed by atoms with E-state index >= 15 is 0 Å². The fourth-order valence-electron chi connectivity index (χ4n) is 2.50. The zero-order chi connectivity index (χ0) is 9.03. The third kappa shape index (κ3) is 2.01. The molecule has 2 aliphatic rings. The van der Waals surface area contributed by atoms with Gasteiger partial charge in [0, 0.05) is 6.61 Å². The van der Waals surface area contributed by atoms with Gasteiger partial charge >= 0.3 is 0 Å². The molecule has 0 aromatic carbocycles. The van der Waals surface area contributed by atoms with Crippen LogP contribution in [0.15, 0.2) is 0 Å². The Hall–Kier alpha value is -0.0400. The second-order valence-electron chi connectivity index (χ2n) is 4.15. The van der Waals surface area contributed by atoms with E-state index in [4.69, 9.17) is 4.74 Å². The second kappa shape index (κ2) is 4.27. The van der Waals surface area contributed by atoms with E-state index in [0.29, 0.717) is 5.41 Å².